The molecule has 6 heteroatoms. The molecule has 3 unspecified atom stereocenters. The standard InChI is InChI=1S/C14H18Br3NO2/c1-3-4-18-11-7-12(14(11)19-2)20-13-9(16)5-8(15)6-10(13)17/h5-6,11-12,14,18H,3-4,7H2,1-2H3. The fourth-order valence-electron chi connectivity index (χ4n) is 2.34. The maximum absolute atomic E-state index is 6.10. The average molecular weight is 472 g/mol. The Balaban J connectivity index is 2.01. The summed E-state index contributed by atoms with van der Waals surface area (Å²) in [6, 6.07) is 4.35. The van der Waals surface area contributed by atoms with Crippen LogP contribution in [-0.4, -0.2) is 31.9 Å². The zero-order valence-electron chi connectivity index (χ0n) is 11.5. The predicted octanol–water partition coefficient (Wildman–Crippen LogP) is 4.51. The molecule has 1 aromatic rings. The summed E-state index contributed by atoms with van der Waals surface area (Å²) in [6.07, 6.45) is 2.28. The van der Waals surface area contributed by atoms with Gasteiger partial charge in [0, 0.05) is 24.0 Å². The van der Waals surface area contributed by atoms with Crippen molar-refractivity contribution in [2.45, 2.75) is 38.0 Å². The fraction of sp³-hybridized carbons (Fsp3) is 0.571. The molecule has 20 heavy (non-hydrogen) atoms. The van der Waals surface area contributed by atoms with Gasteiger partial charge in [-0.15, -0.1) is 0 Å². The first kappa shape index (κ1) is 16.7. The van der Waals surface area contributed by atoms with E-state index in [4.69, 9.17) is 9.47 Å². The van der Waals surface area contributed by atoms with Crippen molar-refractivity contribution in [2.24, 2.45) is 0 Å². The molecule has 1 N–H and O–H groups in total. The second-order valence-corrected chi connectivity index (χ2v) is 7.48. The van der Waals surface area contributed by atoms with Crippen LogP contribution in [0.5, 0.6) is 5.75 Å². The van der Waals surface area contributed by atoms with Gasteiger partial charge in [0.15, 0.2) is 0 Å². The Kier molecular flexibility index (Phi) is 6.35. The number of rotatable bonds is 6. The lowest BCUT2D eigenvalue weighted by Gasteiger charge is -2.43. The molecule has 1 aromatic carbocycles. The average Bonchev–Trinajstić information content (AvgIpc) is 2.35. The van der Waals surface area contributed by atoms with Crippen molar-refractivity contribution in [3.05, 3.63) is 25.6 Å². The van der Waals surface area contributed by atoms with Gasteiger partial charge in [0.25, 0.3) is 0 Å². The van der Waals surface area contributed by atoms with Crippen LogP contribution in [0.1, 0.15) is 19.8 Å². The van der Waals surface area contributed by atoms with E-state index in [0.29, 0.717) is 6.04 Å². The van der Waals surface area contributed by atoms with Crippen LogP contribution in [0.15, 0.2) is 25.6 Å². The maximum Gasteiger partial charge on any atom is 0.148 e. The van der Waals surface area contributed by atoms with Gasteiger partial charge in [-0.05, 0) is 57.0 Å². The zero-order chi connectivity index (χ0) is 14.7. The highest BCUT2D eigenvalue weighted by molar-refractivity contribution is 9.11. The van der Waals surface area contributed by atoms with Crippen molar-refractivity contribution in [3.63, 3.8) is 0 Å². The van der Waals surface area contributed by atoms with Gasteiger partial charge in [-0.1, -0.05) is 22.9 Å². The Morgan fingerprint density at radius 2 is 1.90 bits per heavy atom. The molecule has 0 aliphatic heterocycles. The highest BCUT2D eigenvalue weighted by Crippen LogP contribution is 2.39. The van der Waals surface area contributed by atoms with Crippen molar-refractivity contribution in [1.29, 1.82) is 0 Å². The molecule has 3 atom stereocenters. The SMILES string of the molecule is CCCNC1CC(Oc2c(Br)cc(Br)cc2Br)C1OC. The van der Waals surface area contributed by atoms with E-state index in [9.17, 15) is 0 Å². The van der Waals surface area contributed by atoms with E-state index in [1.165, 1.54) is 0 Å². The molecule has 112 valence electrons. The van der Waals surface area contributed by atoms with Crippen LogP contribution >= 0.6 is 47.8 Å². The first-order valence-corrected chi connectivity index (χ1v) is 9.02. The minimum Gasteiger partial charge on any atom is -0.485 e. The van der Waals surface area contributed by atoms with Crippen LogP contribution < -0.4 is 10.1 Å². The van der Waals surface area contributed by atoms with Crippen molar-refractivity contribution < 1.29 is 9.47 Å². The summed E-state index contributed by atoms with van der Waals surface area (Å²) in [5, 5.41) is 3.49. The van der Waals surface area contributed by atoms with Gasteiger partial charge in [-0.3, -0.25) is 0 Å². The lowest BCUT2D eigenvalue weighted by atomic mass is 9.85. The Hall–Kier alpha value is 0.380. The van der Waals surface area contributed by atoms with E-state index >= 15 is 0 Å². The number of hydrogen-bond donors (Lipinski definition) is 1. The molecule has 0 radical (unpaired) electrons. The lowest BCUT2D eigenvalue weighted by Crippen LogP contribution is -2.61. The minimum absolute atomic E-state index is 0.0862. The lowest BCUT2D eigenvalue weighted by molar-refractivity contribution is -0.0892. The van der Waals surface area contributed by atoms with E-state index < -0.39 is 0 Å². The molecule has 1 fully saturated rings. The Morgan fingerprint density at radius 3 is 2.45 bits per heavy atom. The molecule has 0 aromatic heterocycles. The zero-order valence-corrected chi connectivity index (χ0v) is 16.2. The van der Waals surface area contributed by atoms with E-state index in [-0.39, 0.29) is 12.2 Å². The number of halogens is 3. The first-order valence-electron chi connectivity index (χ1n) is 6.64. The molecule has 0 heterocycles. The molecule has 2 rings (SSSR count). The molecule has 0 spiro atoms. The summed E-state index contributed by atoms with van der Waals surface area (Å²) in [5.41, 5.74) is 0. The van der Waals surface area contributed by atoms with Crippen LogP contribution in [0.25, 0.3) is 0 Å². The molecule has 0 amide bonds. The normalized spacial score (nSPS) is 25.4. The largest absolute Gasteiger partial charge is 0.485 e. The van der Waals surface area contributed by atoms with E-state index in [2.05, 4.69) is 60.0 Å². The Labute approximate surface area is 145 Å². The molecule has 0 bridgehead atoms. The molecule has 1 saturated carbocycles. The van der Waals surface area contributed by atoms with Crippen LogP contribution in [0.4, 0.5) is 0 Å². The quantitative estimate of drug-likeness (QED) is 0.662. The van der Waals surface area contributed by atoms with Crippen molar-refractivity contribution in [1.82, 2.24) is 5.32 Å². The molecule has 1 aliphatic carbocycles. The molecule has 3 nitrogen and oxygen atoms in total. The third-order valence-electron chi connectivity index (χ3n) is 3.41. The van der Waals surface area contributed by atoms with Crippen LogP contribution in [0.2, 0.25) is 0 Å². The van der Waals surface area contributed by atoms with Gasteiger partial charge in [-0.25, -0.2) is 0 Å². The number of hydrogen-bond acceptors (Lipinski definition) is 3. The second-order valence-electron chi connectivity index (χ2n) is 4.85. The number of benzene rings is 1. The Bertz CT molecular complexity index is 447. The van der Waals surface area contributed by atoms with Crippen molar-refractivity contribution >= 4 is 47.8 Å². The van der Waals surface area contributed by atoms with Gasteiger partial charge in [0.1, 0.15) is 18.0 Å². The highest BCUT2D eigenvalue weighted by atomic mass is 79.9. The Morgan fingerprint density at radius 1 is 1.25 bits per heavy atom. The van der Waals surface area contributed by atoms with Gasteiger partial charge < -0.3 is 14.8 Å². The summed E-state index contributed by atoms with van der Waals surface area (Å²) in [6.45, 7) is 3.18. The second kappa shape index (κ2) is 7.58. The van der Waals surface area contributed by atoms with Crippen LogP contribution in [0.3, 0.4) is 0 Å². The van der Waals surface area contributed by atoms with Crippen LogP contribution in [0, 0.1) is 0 Å². The van der Waals surface area contributed by atoms with Gasteiger partial charge in [0.2, 0.25) is 0 Å². The number of nitrogens with one attached hydrogen (secondary N) is 1. The maximum atomic E-state index is 6.10. The number of ether oxygens (including phenoxy) is 2. The molecular weight excluding hydrogens is 454 g/mol. The summed E-state index contributed by atoms with van der Waals surface area (Å²) < 4.78 is 14.5. The van der Waals surface area contributed by atoms with Crippen LogP contribution in [-0.2, 0) is 4.74 Å². The van der Waals surface area contributed by atoms with Gasteiger partial charge in [-0.2, -0.15) is 0 Å². The van der Waals surface area contributed by atoms with E-state index in [0.717, 1.165) is 38.6 Å². The summed E-state index contributed by atoms with van der Waals surface area (Å²) >= 11 is 10.5. The van der Waals surface area contributed by atoms with E-state index in [1.54, 1.807) is 7.11 Å². The predicted molar refractivity (Wildman–Crippen MR) is 91.5 cm³/mol. The van der Waals surface area contributed by atoms with E-state index in [1.807, 2.05) is 12.1 Å². The fourth-order valence-corrected chi connectivity index (χ4v) is 4.78. The van der Waals surface area contributed by atoms with Gasteiger partial charge in [0.05, 0.1) is 8.95 Å². The first-order chi connectivity index (χ1) is 9.56. The molecule has 1 aliphatic rings. The van der Waals surface area contributed by atoms with Crippen molar-refractivity contribution in [3.8, 4) is 5.75 Å². The minimum atomic E-state index is 0.0862. The van der Waals surface area contributed by atoms with Gasteiger partial charge >= 0.3 is 0 Å². The third kappa shape index (κ3) is 3.77. The summed E-state index contributed by atoms with van der Waals surface area (Å²) in [4.78, 5) is 0. The topological polar surface area (TPSA) is 30.5 Å². The number of methoxy groups -OCH3 is 1. The molecular formula is C14H18Br3NO2. The molecule has 0 saturated heterocycles. The van der Waals surface area contributed by atoms with Crippen molar-refractivity contribution in [2.75, 3.05) is 13.7 Å². The monoisotopic (exact) mass is 469 g/mol. The smallest absolute Gasteiger partial charge is 0.148 e. The highest BCUT2D eigenvalue weighted by Gasteiger charge is 2.43. The summed E-state index contributed by atoms with van der Waals surface area (Å²) in [7, 11) is 1.74. The summed E-state index contributed by atoms with van der Waals surface area (Å²) in [5.74, 6) is 0.828. The third-order valence-corrected chi connectivity index (χ3v) is 5.05.